The predicted octanol–water partition coefficient (Wildman–Crippen LogP) is 3.49. The lowest BCUT2D eigenvalue weighted by molar-refractivity contribution is -0.128. The summed E-state index contributed by atoms with van der Waals surface area (Å²) in [6.07, 6.45) is 11.7. The monoisotopic (exact) mass is 382 g/mol. The summed E-state index contributed by atoms with van der Waals surface area (Å²) in [6.45, 7) is 3.51. The maximum Gasteiger partial charge on any atom is 0.250 e. The molecule has 1 aliphatic rings. The van der Waals surface area contributed by atoms with Gasteiger partial charge >= 0.3 is 0 Å². The lowest BCUT2D eigenvalue weighted by Crippen LogP contribution is -2.39. The molecule has 2 heterocycles. The second-order valence-electron chi connectivity index (χ2n) is 7.36. The molecule has 1 aromatic carbocycles. The largest absolute Gasteiger partial charge is 0.356 e. The highest BCUT2D eigenvalue weighted by molar-refractivity contribution is 6.00. The molecule has 1 N–H and O–H groups in total. The number of fused-ring (bicyclic) bond motifs is 1. The van der Waals surface area contributed by atoms with E-state index in [-0.39, 0.29) is 18.2 Å². The van der Waals surface area contributed by atoms with Crippen molar-refractivity contribution in [1.82, 2.24) is 14.9 Å². The van der Waals surface area contributed by atoms with Crippen molar-refractivity contribution in [3.8, 4) is 0 Å². The van der Waals surface area contributed by atoms with Crippen LogP contribution < -0.4 is 10.2 Å². The second-order valence-corrected chi connectivity index (χ2v) is 7.36. The van der Waals surface area contributed by atoms with Crippen molar-refractivity contribution in [1.29, 1.82) is 0 Å². The molecule has 0 bridgehead atoms. The number of benzene rings is 1. The highest BCUT2D eigenvalue weighted by atomic mass is 16.2. The number of amides is 2. The first-order valence-corrected chi connectivity index (χ1v) is 10.3. The van der Waals surface area contributed by atoms with E-state index in [2.05, 4.69) is 23.3 Å². The lowest BCUT2D eigenvalue weighted by Gasteiger charge is -2.24. The van der Waals surface area contributed by atoms with Crippen LogP contribution in [0.2, 0.25) is 0 Å². The third kappa shape index (κ3) is 5.00. The molecule has 0 radical (unpaired) electrons. The number of para-hydroxylation sites is 1. The summed E-state index contributed by atoms with van der Waals surface area (Å²) < 4.78 is 1.74. The van der Waals surface area contributed by atoms with Crippen LogP contribution in [0.4, 0.5) is 5.69 Å². The third-order valence-electron chi connectivity index (χ3n) is 5.30. The molecule has 0 saturated carbocycles. The fourth-order valence-electron chi connectivity index (χ4n) is 3.73. The smallest absolute Gasteiger partial charge is 0.250 e. The van der Waals surface area contributed by atoms with Crippen LogP contribution in [0.1, 0.15) is 57.1 Å². The number of anilines is 1. The van der Waals surface area contributed by atoms with Gasteiger partial charge in [-0.05, 0) is 24.5 Å². The SMILES string of the molecule is CCCCCCCNC(=O)C[C@@H](C(=O)N1CCc2ccccc21)n1ccnc1. The van der Waals surface area contributed by atoms with Crippen LogP contribution in [0, 0.1) is 0 Å². The van der Waals surface area contributed by atoms with Gasteiger partial charge in [0.15, 0.2) is 0 Å². The Morgan fingerprint density at radius 1 is 1.18 bits per heavy atom. The molecule has 2 amide bonds. The molecule has 1 atom stereocenters. The van der Waals surface area contributed by atoms with Gasteiger partial charge in [0.1, 0.15) is 6.04 Å². The molecule has 2 aromatic rings. The van der Waals surface area contributed by atoms with Crippen molar-refractivity contribution < 1.29 is 9.59 Å². The zero-order valence-corrected chi connectivity index (χ0v) is 16.6. The Morgan fingerprint density at radius 3 is 2.79 bits per heavy atom. The number of carbonyl (C=O) groups is 2. The van der Waals surface area contributed by atoms with Crippen molar-refractivity contribution >= 4 is 17.5 Å². The first kappa shape index (κ1) is 20.1. The van der Waals surface area contributed by atoms with E-state index in [9.17, 15) is 9.59 Å². The Kier molecular flexibility index (Phi) is 7.23. The van der Waals surface area contributed by atoms with Gasteiger partial charge in [0.2, 0.25) is 5.91 Å². The van der Waals surface area contributed by atoms with E-state index in [0.29, 0.717) is 13.1 Å². The second kappa shape index (κ2) is 10.1. The van der Waals surface area contributed by atoms with E-state index < -0.39 is 6.04 Å². The van der Waals surface area contributed by atoms with Gasteiger partial charge in [-0.2, -0.15) is 0 Å². The van der Waals surface area contributed by atoms with Crippen LogP contribution in [0.15, 0.2) is 43.0 Å². The van der Waals surface area contributed by atoms with Gasteiger partial charge in [-0.25, -0.2) is 4.98 Å². The van der Waals surface area contributed by atoms with Crippen LogP contribution in [0.25, 0.3) is 0 Å². The van der Waals surface area contributed by atoms with Crippen LogP contribution in [0.5, 0.6) is 0 Å². The van der Waals surface area contributed by atoms with Gasteiger partial charge < -0.3 is 14.8 Å². The number of imidazole rings is 1. The number of aromatic nitrogens is 2. The first-order valence-electron chi connectivity index (χ1n) is 10.3. The van der Waals surface area contributed by atoms with Crippen molar-refractivity contribution in [3.05, 3.63) is 48.5 Å². The molecule has 0 aliphatic carbocycles. The van der Waals surface area contributed by atoms with Gasteiger partial charge in [-0.3, -0.25) is 9.59 Å². The topological polar surface area (TPSA) is 67.2 Å². The standard InChI is InChI=1S/C22H30N4O2/c1-2-3-4-5-8-12-24-21(27)16-20(25-15-13-23-17-25)22(28)26-14-11-18-9-6-7-10-19(18)26/h6-7,9-10,13,15,17,20H,2-5,8,11-12,14,16H2,1H3,(H,24,27)/t20-/m0/s1. The molecule has 6 nitrogen and oxygen atoms in total. The Labute approximate surface area is 166 Å². The highest BCUT2D eigenvalue weighted by Crippen LogP contribution is 2.30. The number of nitrogens with zero attached hydrogens (tertiary/aromatic N) is 3. The first-order chi connectivity index (χ1) is 13.7. The van der Waals surface area contributed by atoms with Gasteiger partial charge in [-0.1, -0.05) is 50.8 Å². The summed E-state index contributed by atoms with van der Waals surface area (Å²) in [4.78, 5) is 31.6. The van der Waals surface area contributed by atoms with Crippen LogP contribution in [0.3, 0.4) is 0 Å². The number of hydrogen-bond acceptors (Lipinski definition) is 3. The van der Waals surface area contributed by atoms with Crippen molar-refractivity contribution in [2.24, 2.45) is 0 Å². The van der Waals surface area contributed by atoms with E-state index in [1.165, 1.54) is 24.8 Å². The number of hydrogen-bond donors (Lipinski definition) is 1. The Balaban J connectivity index is 1.61. The molecule has 0 fully saturated rings. The fraction of sp³-hybridized carbons (Fsp3) is 0.500. The molecule has 0 unspecified atom stereocenters. The summed E-state index contributed by atoms with van der Waals surface area (Å²) in [7, 11) is 0. The lowest BCUT2D eigenvalue weighted by atomic mass is 10.1. The summed E-state index contributed by atoms with van der Waals surface area (Å²) in [5, 5.41) is 2.97. The average Bonchev–Trinajstić information content (AvgIpc) is 3.38. The maximum atomic E-state index is 13.3. The minimum atomic E-state index is -0.575. The van der Waals surface area contributed by atoms with Crippen LogP contribution in [-0.2, 0) is 16.0 Å². The minimum Gasteiger partial charge on any atom is -0.356 e. The van der Waals surface area contributed by atoms with E-state index in [4.69, 9.17) is 0 Å². The van der Waals surface area contributed by atoms with Crippen molar-refractivity contribution in [2.45, 2.75) is 57.9 Å². The number of rotatable bonds is 10. The summed E-state index contributed by atoms with van der Waals surface area (Å²) in [6, 6.07) is 7.39. The van der Waals surface area contributed by atoms with Gasteiger partial charge in [0, 0.05) is 31.2 Å². The molecule has 6 heteroatoms. The summed E-state index contributed by atoms with van der Waals surface area (Å²) >= 11 is 0. The molecule has 3 rings (SSSR count). The van der Waals surface area contributed by atoms with Gasteiger partial charge in [0.25, 0.3) is 5.91 Å². The molecule has 1 aliphatic heterocycles. The number of unbranched alkanes of at least 4 members (excludes halogenated alkanes) is 4. The Bertz CT molecular complexity index is 773. The quantitative estimate of drug-likeness (QED) is 0.640. The van der Waals surface area contributed by atoms with Gasteiger partial charge in [0.05, 0.1) is 12.7 Å². The Morgan fingerprint density at radius 2 is 2.00 bits per heavy atom. The molecular formula is C22H30N4O2. The zero-order chi connectivity index (χ0) is 19.8. The fourth-order valence-corrected chi connectivity index (χ4v) is 3.73. The maximum absolute atomic E-state index is 13.3. The highest BCUT2D eigenvalue weighted by Gasteiger charge is 2.32. The van der Waals surface area contributed by atoms with E-state index in [1.807, 2.05) is 18.2 Å². The average molecular weight is 383 g/mol. The Hall–Kier alpha value is -2.63. The third-order valence-corrected chi connectivity index (χ3v) is 5.30. The molecule has 150 valence electrons. The number of nitrogens with one attached hydrogen (secondary N) is 1. The summed E-state index contributed by atoms with van der Waals surface area (Å²) in [5.41, 5.74) is 2.13. The van der Waals surface area contributed by atoms with Crippen molar-refractivity contribution in [3.63, 3.8) is 0 Å². The summed E-state index contributed by atoms with van der Waals surface area (Å²) in [5.74, 6) is -0.143. The molecule has 0 saturated heterocycles. The number of carbonyl (C=O) groups excluding carboxylic acids is 2. The van der Waals surface area contributed by atoms with Crippen LogP contribution in [-0.4, -0.2) is 34.5 Å². The van der Waals surface area contributed by atoms with Crippen LogP contribution >= 0.6 is 0 Å². The zero-order valence-electron chi connectivity index (χ0n) is 16.6. The minimum absolute atomic E-state index is 0.0546. The van der Waals surface area contributed by atoms with Crippen molar-refractivity contribution in [2.75, 3.05) is 18.0 Å². The predicted molar refractivity (Wildman–Crippen MR) is 110 cm³/mol. The van der Waals surface area contributed by atoms with E-state index >= 15 is 0 Å². The normalized spacial score (nSPS) is 14.0. The molecule has 1 aromatic heterocycles. The van der Waals surface area contributed by atoms with E-state index in [1.54, 1.807) is 28.2 Å². The molecule has 28 heavy (non-hydrogen) atoms. The van der Waals surface area contributed by atoms with E-state index in [0.717, 1.165) is 24.9 Å². The molecular weight excluding hydrogens is 352 g/mol. The molecule has 0 spiro atoms. The van der Waals surface area contributed by atoms with Gasteiger partial charge in [-0.15, -0.1) is 0 Å².